The number of alkyl halides is 1. The van der Waals surface area contributed by atoms with Gasteiger partial charge in [-0.15, -0.1) is 11.6 Å². The summed E-state index contributed by atoms with van der Waals surface area (Å²) in [7, 11) is 0. The number of nitrogens with one attached hydrogen (secondary N) is 1. The number of rotatable bonds is 3. The molecule has 0 bridgehead atoms. The van der Waals surface area contributed by atoms with Crippen molar-refractivity contribution in [1.82, 2.24) is 5.32 Å². The monoisotopic (exact) mass is 231 g/mol. The fourth-order valence-corrected chi connectivity index (χ4v) is 2.23. The van der Waals surface area contributed by atoms with Crippen molar-refractivity contribution in [2.45, 2.75) is 46.1 Å². The maximum atomic E-state index is 11.6. The van der Waals surface area contributed by atoms with E-state index in [2.05, 4.69) is 19.2 Å². The summed E-state index contributed by atoms with van der Waals surface area (Å²) in [5, 5.41) is 3.10. The maximum absolute atomic E-state index is 11.6. The van der Waals surface area contributed by atoms with Gasteiger partial charge in [0.2, 0.25) is 5.91 Å². The molecule has 15 heavy (non-hydrogen) atoms. The van der Waals surface area contributed by atoms with Gasteiger partial charge in [0, 0.05) is 17.8 Å². The van der Waals surface area contributed by atoms with Gasteiger partial charge in [-0.2, -0.15) is 0 Å². The van der Waals surface area contributed by atoms with E-state index in [-0.39, 0.29) is 11.8 Å². The van der Waals surface area contributed by atoms with Gasteiger partial charge in [0.15, 0.2) is 0 Å². The highest BCUT2D eigenvalue weighted by molar-refractivity contribution is 6.19. The molecule has 4 unspecified atom stereocenters. The van der Waals surface area contributed by atoms with E-state index in [0.717, 1.165) is 24.7 Å². The number of halogens is 1. The predicted molar refractivity (Wildman–Crippen MR) is 64.0 cm³/mol. The van der Waals surface area contributed by atoms with Crippen LogP contribution in [0.1, 0.15) is 40.0 Å². The molecule has 1 N–H and O–H groups in total. The number of carbonyl (C=O) groups excluding carboxylic acids is 1. The molecule has 0 aromatic rings. The lowest BCUT2D eigenvalue weighted by atomic mass is 9.79. The van der Waals surface area contributed by atoms with Gasteiger partial charge in [-0.05, 0) is 31.1 Å². The molecule has 2 nitrogen and oxygen atoms in total. The number of carbonyl (C=O) groups is 1. The van der Waals surface area contributed by atoms with Crippen molar-refractivity contribution in [1.29, 1.82) is 0 Å². The van der Waals surface area contributed by atoms with Crippen LogP contribution >= 0.6 is 11.6 Å². The molecule has 0 heterocycles. The molecule has 3 heteroatoms. The average molecular weight is 232 g/mol. The van der Waals surface area contributed by atoms with Crippen LogP contribution in [-0.2, 0) is 4.79 Å². The summed E-state index contributed by atoms with van der Waals surface area (Å²) in [4.78, 5) is 11.6. The topological polar surface area (TPSA) is 29.1 Å². The summed E-state index contributed by atoms with van der Waals surface area (Å²) in [6, 6.07) is 0.370. The Morgan fingerprint density at radius 1 is 1.40 bits per heavy atom. The van der Waals surface area contributed by atoms with Gasteiger partial charge < -0.3 is 5.32 Å². The second-order valence-corrected chi connectivity index (χ2v) is 5.34. The molecule has 0 aromatic carbocycles. The van der Waals surface area contributed by atoms with Gasteiger partial charge in [-0.25, -0.2) is 0 Å². The van der Waals surface area contributed by atoms with Gasteiger partial charge in [0.25, 0.3) is 0 Å². The maximum Gasteiger partial charge on any atom is 0.224 e. The number of hydrogen-bond donors (Lipinski definition) is 1. The summed E-state index contributed by atoms with van der Waals surface area (Å²) < 4.78 is 0. The lowest BCUT2D eigenvalue weighted by Gasteiger charge is -2.33. The largest absolute Gasteiger partial charge is 0.353 e. The van der Waals surface area contributed by atoms with E-state index in [1.807, 2.05) is 6.92 Å². The van der Waals surface area contributed by atoms with Crippen LogP contribution in [0.25, 0.3) is 0 Å². The summed E-state index contributed by atoms with van der Waals surface area (Å²) in [6.07, 6.45) is 3.45. The second kappa shape index (κ2) is 5.74. The number of amides is 1. The van der Waals surface area contributed by atoms with Crippen LogP contribution in [-0.4, -0.2) is 17.8 Å². The summed E-state index contributed by atoms with van der Waals surface area (Å²) in [6.45, 7) is 6.44. The Hall–Kier alpha value is -0.240. The highest BCUT2D eigenvalue weighted by atomic mass is 35.5. The zero-order valence-electron chi connectivity index (χ0n) is 9.92. The second-order valence-electron chi connectivity index (χ2n) is 5.03. The normalized spacial score (nSPS) is 33.5. The third-order valence-corrected chi connectivity index (χ3v) is 4.09. The molecule has 0 spiro atoms. The van der Waals surface area contributed by atoms with E-state index in [1.165, 1.54) is 6.42 Å². The van der Waals surface area contributed by atoms with E-state index in [4.69, 9.17) is 11.6 Å². The highest BCUT2D eigenvalue weighted by Gasteiger charge is 2.26. The Morgan fingerprint density at radius 3 is 2.60 bits per heavy atom. The van der Waals surface area contributed by atoms with Crippen molar-refractivity contribution in [3.05, 3.63) is 0 Å². The van der Waals surface area contributed by atoms with Crippen molar-refractivity contribution in [2.75, 3.05) is 5.88 Å². The summed E-state index contributed by atoms with van der Waals surface area (Å²) in [5.74, 6) is 1.96. The Kier molecular flexibility index (Phi) is 4.91. The van der Waals surface area contributed by atoms with E-state index >= 15 is 0 Å². The fraction of sp³-hybridized carbons (Fsp3) is 0.917. The van der Waals surface area contributed by atoms with Crippen molar-refractivity contribution >= 4 is 17.5 Å². The molecule has 1 aliphatic rings. The minimum absolute atomic E-state index is 0.0682. The zero-order valence-corrected chi connectivity index (χ0v) is 10.7. The Balaban J connectivity index is 2.36. The molecule has 0 saturated heterocycles. The Bertz CT molecular complexity index is 220. The van der Waals surface area contributed by atoms with Gasteiger partial charge >= 0.3 is 0 Å². The number of hydrogen-bond acceptors (Lipinski definition) is 1. The molecule has 1 fully saturated rings. The van der Waals surface area contributed by atoms with E-state index in [0.29, 0.717) is 11.9 Å². The molecular formula is C12H22ClNO. The molecule has 1 rings (SSSR count). The summed E-state index contributed by atoms with van der Waals surface area (Å²) >= 11 is 5.66. The molecule has 1 aliphatic carbocycles. The fourth-order valence-electron chi connectivity index (χ4n) is 2.09. The molecule has 88 valence electrons. The summed E-state index contributed by atoms with van der Waals surface area (Å²) in [5.41, 5.74) is 0. The van der Waals surface area contributed by atoms with Gasteiger partial charge in [0.1, 0.15) is 0 Å². The van der Waals surface area contributed by atoms with E-state index in [9.17, 15) is 4.79 Å². The minimum atomic E-state index is -0.0682. The van der Waals surface area contributed by atoms with E-state index < -0.39 is 0 Å². The molecule has 1 saturated carbocycles. The van der Waals surface area contributed by atoms with Crippen LogP contribution in [0.3, 0.4) is 0 Å². The lowest BCUT2D eigenvalue weighted by molar-refractivity contribution is -0.125. The molecule has 1 amide bonds. The highest BCUT2D eigenvalue weighted by Crippen LogP contribution is 2.29. The first kappa shape index (κ1) is 12.8. The van der Waals surface area contributed by atoms with E-state index in [1.54, 1.807) is 0 Å². The molecule has 4 atom stereocenters. The van der Waals surface area contributed by atoms with Crippen molar-refractivity contribution < 1.29 is 4.79 Å². The lowest BCUT2D eigenvalue weighted by Crippen LogP contribution is -2.42. The first-order chi connectivity index (χ1) is 7.04. The van der Waals surface area contributed by atoms with Crippen molar-refractivity contribution in [3.8, 4) is 0 Å². The molecule has 0 aromatic heterocycles. The van der Waals surface area contributed by atoms with Crippen LogP contribution in [0.15, 0.2) is 0 Å². The zero-order chi connectivity index (χ0) is 11.4. The van der Waals surface area contributed by atoms with Gasteiger partial charge in [0.05, 0.1) is 0 Å². The first-order valence-electron chi connectivity index (χ1n) is 5.91. The van der Waals surface area contributed by atoms with Gasteiger partial charge in [-0.3, -0.25) is 4.79 Å². The predicted octanol–water partition coefficient (Wildman–Crippen LogP) is 2.80. The molecule has 0 aliphatic heterocycles. The SMILES string of the molecule is CC(CCl)C(=O)NC1CCC(C)C(C)C1. The standard InChI is InChI=1S/C12H22ClNO/c1-8-4-5-11(6-9(8)2)14-12(15)10(3)7-13/h8-11H,4-7H2,1-3H3,(H,14,15). The first-order valence-corrected chi connectivity index (χ1v) is 6.44. The quantitative estimate of drug-likeness (QED) is 0.744. The molecule has 0 radical (unpaired) electrons. The smallest absolute Gasteiger partial charge is 0.224 e. The Labute approximate surface area is 97.8 Å². The van der Waals surface area contributed by atoms with Crippen LogP contribution in [0, 0.1) is 17.8 Å². The van der Waals surface area contributed by atoms with Gasteiger partial charge in [-0.1, -0.05) is 20.8 Å². The van der Waals surface area contributed by atoms with Crippen molar-refractivity contribution in [2.24, 2.45) is 17.8 Å². The minimum Gasteiger partial charge on any atom is -0.353 e. The Morgan fingerprint density at radius 2 is 2.07 bits per heavy atom. The van der Waals surface area contributed by atoms with Crippen LogP contribution in [0.2, 0.25) is 0 Å². The van der Waals surface area contributed by atoms with Crippen LogP contribution < -0.4 is 5.32 Å². The third-order valence-electron chi connectivity index (χ3n) is 3.62. The van der Waals surface area contributed by atoms with Crippen molar-refractivity contribution in [3.63, 3.8) is 0 Å². The van der Waals surface area contributed by atoms with Crippen LogP contribution in [0.5, 0.6) is 0 Å². The van der Waals surface area contributed by atoms with Crippen LogP contribution in [0.4, 0.5) is 0 Å². The third kappa shape index (κ3) is 3.67. The average Bonchev–Trinajstić information content (AvgIpc) is 2.22. The molecular weight excluding hydrogens is 210 g/mol.